The van der Waals surface area contributed by atoms with Crippen LogP contribution < -0.4 is 0 Å². The predicted octanol–water partition coefficient (Wildman–Crippen LogP) is 4.08. The smallest absolute Gasteiger partial charge is 0.0116 e. The maximum atomic E-state index is 3.38. The predicted molar refractivity (Wildman–Crippen MR) is 59.9 cm³/mol. The number of hydrogen-bond donors (Lipinski definition) is 0. The van der Waals surface area contributed by atoms with Gasteiger partial charge < -0.3 is 0 Å². The van der Waals surface area contributed by atoms with Crippen molar-refractivity contribution in [2.45, 2.75) is 11.3 Å². The first-order valence-electron chi connectivity index (χ1n) is 3.86. The summed E-state index contributed by atoms with van der Waals surface area (Å²) in [5.41, 5.74) is 0. The van der Waals surface area contributed by atoms with Gasteiger partial charge in [-0.15, -0.1) is 0 Å². The molecule has 0 saturated heterocycles. The molecule has 0 fully saturated rings. The minimum atomic E-state index is 1.04. The summed E-state index contributed by atoms with van der Waals surface area (Å²) in [5, 5.41) is 3.18. The van der Waals surface area contributed by atoms with Crippen molar-refractivity contribution in [1.82, 2.24) is 0 Å². The van der Waals surface area contributed by atoms with Crippen LogP contribution in [0.2, 0.25) is 0 Å². The van der Waals surface area contributed by atoms with Crippen LogP contribution in [0.1, 0.15) is 6.42 Å². The summed E-state index contributed by atoms with van der Waals surface area (Å²) in [6.07, 6.45) is 3.27. The van der Waals surface area contributed by atoms with Crippen molar-refractivity contribution < 1.29 is 0 Å². The fourth-order valence-corrected chi connectivity index (χ4v) is 1.72. The Hall–Kier alpha value is -0.210. The number of thioether (sulfide) groups is 1. The van der Waals surface area contributed by atoms with Crippen molar-refractivity contribution in [3.63, 3.8) is 0 Å². The maximum absolute atomic E-state index is 3.38. The average molecular weight is 243 g/mol. The quantitative estimate of drug-likeness (QED) is 0.567. The molecule has 0 heterocycles. The fourth-order valence-electron chi connectivity index (χ4n) is 0.757. The molecule has 0 atom stereocenters. The zero-order valence-electron chi connectivity index (χ0n) is 6.74. The second-order valence-corrected chi connectivity index (χ2v) is 4.05. The van der Waals surface area contributed by atoms with Crippen molar-refractivity contribution in [1.29, 1.82) is 0 Å². The van der Waals surface area contributed by atoms with Gasteiger partial charge in [0.15, 0.2) is 0 Å². The number of benzene rings is 1. The number of halogens is 1. The molecule has 64 valence electrons. The molecule has 0 saturated carbocycles. The minimum absolute atomic E-state index is 1.04. The molecule has 0 aliphatic rings. The molecular formula is C10H11BrS. The van der Waals surface area contributed by atoms with Crippen molar-refractivity contribution in [3.8, 4) is 0 Å². The molecule has 0 nitrogen and oxygen atoms in total. The Kier molecular flexibility index (Phi) is 5.20. The minimum Gasteiger partial charge on any atom is -0.0984 e. The van der Waals surface area contributed by atoms with E-state index in [1.165, 1.54) is 4.90 Å². The normalized spacial score (nSPS) is 10.8. The Morgan fingerprint density at radius 3 is 2.67 bits per heavy atom. The van der Waals surface area contributed by atoms with E-state index in [4.69, 9.17) is 0 Å². The number of alkyl halides is 1. The summed E-state index contributed by atoms with van der Waals surface area (Å²) in [6.45, 7) is 0. The summed E-state index contributed by atoms with van der Waals surface area (Å²) in [5.74, 6) is 0. The van der Waals surface area contributed by atoms with Gasteiger partial charge in [-0.25, -0.2) is 0 Å². The van der Waals surface area contributed by atoms with E-state index in [2.05, 4.69) is 51.7 Å². The summed E-state index contributed by atoms with van der Waals surface area (Å²) in [7, 11) is 0. The van der Waals surface area contributed by atoms with Gasteiger partial charge in [0.25, 0.3) is 0 Å². The lowest BCUT2D eigenvalue weighted by molar-refractivity contribution is 1.27. The first-order chi connectivity index (χ1) is 5.93. The molecule has 1 rings (SSSR count). The van der Waals surface area contributed by atoms with Crippen LogP contribution in [-0.4, -0.2) is 5.33 Å². The van der Waals surface area contributed by atoms with E-state index >= 15 is 0 Å². The summed E-state index contributed by atoms with van der Waals surface area (Å²) in [6, 6.07) is 10.4. The third kappa shape index (κ3) is 3.98. The van der Waals surface area contributed by atoms with Gasteiger partial charge in [0.05, 0.1) is 0 Å². The molecule has 1 aromatic rings. The summed E-state index contributed by atoms with van der Waals surface area (Å²) in [4.78, 5) is 1.29. The van der Waals surface area contributed by atoms with Crippen LogP contribution in [0.5, 0.6) is 0 Å². The van der Waals surface area contributed by atoms with Crippen LogP contribution in [0.15, 0.2) is 46.7 Å². The monoisotopic (exact) mass is 242 g/mol. The molecule has 0 radical (unpaired) electrons. The Morgan fingerprint density at radius 2 is 2.00 bits per heavy atom. The third-order valence-corrected chi connectivity index (χ3v) is 2.65. The zero-order chi connectivity index (χ0) is 8.65. The second kappa shape index (κ2) is 6.32. The largest absolute Gasteiger partial charge is 0.0984 e. The van der Waals surface area contributed by atoms with Crippen molar-refractivity contribution >= 4 is 27.7 Å². The number of rotatable bonds is 4. The second-order valence-electron chi connectivity index (χ2n) is 2.28. The number of hydrogen-bond acceptors (Lipinski definition) is 1. The molecule has 0 amide bonds. The maximum Gasteiger partial charge on any atom is 0.0116 e. The fraction of sp³-hybridized carbons (Fsp3) is 0.200. The van der Waals surface area contributed by atoms with Crippen LogP contribution >= 0.6 is 27.7 Å². The van der Waals surface area contributed by atoms with Gasteiger partial charge >= 0.3 is 0 Å². The highest BCUT2D eigenvalue weighted by Crippen LogP contribution is 2.18. The van der Waals surface area contributed by atoms with E-state index in [1.54, 1.807) is 11.8 Å². The lowest BCUT2D eigenvalue weighted by Crippen LogP contribution is -1.66. The molecule has 12 heavy (non-hydrogen) atoms. The van der Waals surface area contributed by atoms with Gasteiger partial charge in [0.2, 0.25) is 0 Å². The van der Waals surface area contributed by atoms with Crippen LogP contribution in [0.3, 0.4) is 0 Å². The SMILES string of the molecule is BrCC/C=C/Sc1ccccc1. The Morgan fingerprint density at radius 1 is 1.25 bits per heavy atom. The molecule has 0 bridgehead atoms. The Bertz CT molecular complexity index is 231. The van der Waals surface area contributed by atoms with Gasteiger partial charge in [-0.3, -0.25) is 0 Å². The lowest BCUT2D eigenvalue weighted by atomic mass is 10.4. The van der Waals surface area contributed by atoms with Gasteiger partial charge in [-0.2, -0.15) is 0 Å². The highest BCUT2D eigenvalue weighted by molar-refractivity contribution is 9.09. The Labute approximate surface area is 86.2 Å². The lowest BCUT2D eigenvalue weighted by Gasteiger charge is -1.92. The molecule has 0 spiro atoms. The molecule has 0 aliphatic heterocycles. The first kappa shape index (κ1) is 9.87. The number of allylic oxidation sites excluding steroid dienone is 1. The first-order valence-corrected chi connectivity index (χ1v) is 5.86. The average Bonchev–Trinajstić information content (AvgIpc) is 2.14. The third-order valence-electron chi connectivity index (χ3n) is 1.32. The summed E-state index contributed by atoms with van der Waals surface area (Å²) >= 11 is 5.13. The molecule has 0 aromatic heterocycles. The van der Waals surface area contributed by atoms with Gasteiger partial charge in [-0.1, -0.05) is 52.0 Å². The van der Waals surface area contributed by atoms with E-state index in [-0.39, 0.29) is 0 Å². The zero-order valence-corrected chi connectivity index (χ0v) is 9.14. The van der Waals surface area contributed by atoms with E-state index in [0.29, 0.717) is 0 Å². The Balaban J connectivity index is 2.33. The van der Waals surface area contributed by atoms with Gasteiger partial charge in [-0.05, 0) is 24.0 Å². The standard InChI is InChI=1S/C10H11BrS/c11-8-4-5-9-12-10-6-2-1-3-7-10/h1-3,5-7,9H,4,8H2/b9-5+. The highest BCUT2D eigenvalue weighted by atomic mass is 79.9. The molecule has 0 unspecified atom stereocenters. The van der Waals surface area contributed by atoms with Gasteiger partial charge in [0, 0.05) is 10.2 Å². The van der Waals surface area contributed by atoms with Crippen LogP contribution in [0.4, 0.5) is 0 Å². The van der Waals surface area contributed by atoms with Crippen molar-refractivity contribution in [2.24, 2.45) is 0 Å². The van der Waals surface area contributed by atoms with E-state index < -0.39 is 0 Å². The molecule has 1 aromatic carbocycles. The van der Waals surface area contributed by atoms with Crippen molar-refractivity contribution in [3.05, 3.63) is 41.8 Å². The van der Waals surface area contributed by atoms with Crippen LogP contribution in [0.25, 0.3) is 0 Å². The molecule has 0 aliphatic carbocycles. The molecular weight excluding hydrogens is 232 g/mol. The summed E-state index contributed by atoms with van der Waals surface area (Å²) < 4.78 is 0. The molecule has 0 N–H and O–H groups in total. The van der Waals surface area contributed by atoms with Crippen LogP contribution in [-0.2, 0) is 0 Å². The van der Waals surface area contributed by atoms with E-state index in [1.807, 2.05) is 6.07 Å². The van der Waals surface area contributed by atoms with Gasteiger partial charge in [0.1, 0.15) is 0 Å². The molecule has 2 heteroatoms. The van der Waals surface area contributed by atoms with Crippen LogP contribution in [0, 0.1) is 0 Å². The van der Waals surface area contributed by atoms with Crippen molar-refractivity contribution in [2.75, 3.05) is 5.33 Å². The topological polar surface area (TPSA) is 0 Å². The highest BCUT2D eigenvalue weighted by Gasteiger charge is 1.85. The van der Waals surface area contributed by atoms with E-state index in [0.717, 1.165) is 11.8 Å². The van der Waals surface area contributed by atoms with E-state index in [9.17, 15) is 0 Å².